The van der Waals surface area contributed by atoms with Crippen LogP contribution < -0.4 is 10.6 Å². The van der Waals surface area contributed by atoms with E-state index in [0.29, 0.717) is 43.1 Å². The van der Waals surface area contributed by atoms with Gasteiger partial charge in [-0.3, -0.25) is 4.79 Å². The molecular formula is C11H17ClN4O2. The minimum atomic E-state index is -0.0606. The van der Waals surface area contributed by atoms with Crippen molar-refractivity contribution in [2.75, 3.05) is 25.0 Å². The third-order valence-corrected chi connectivity index (χ3v) is 2.18. The summed E-state index contributed by atoms with van der Waals surface area (Å²) in [6.07, 6.45) is 0. The van der Waals surface area contributed by atoms with Gasteiger partial charge >= 0.3 is 0 Å². The predicted molar refractivity (Wildman–Crippen MR) is 69.5 cm³/mol. The minimum absolute atomic E-state index is 0.0606. The Bertz CT molecular complexity index is 401. The van der Waals surface area contributed by atoms with Gasteiger partial charge in [0.2, 0.25) is 5.91 Å². The Hall–Kier alpha value is -1.40. The van der Waals surface area contributed by atoms with E-state index in [1.165, 1.54) is 6.92 Å². The van der Waals surface area contributed by atoms with Crippen molar-refractivity contribution >= 4 is 23.3 Å². The zero-order valence-electron chi connectivity index (χ0n) is 10.5. The maximum atomic E-state index is 10.7. The molecule has 0 saturated heterocycles. The summed E-state index contributed by atoms with van der Waals surface area (Å²) in [5.41, 5.74) is 0. The molecule has 0 atom stereocenters. The summed E-state index contributed by atoms with van der Waals surface area (Å²) in [7, 11) is 0. The smallest absolute Gasteiger partial charge is 0.216 e. The SMILES string of the molecule is CCOCc1nc(Cl)cc(NCCNC(C)=O)n1. The van der Waals surface area contributed by atoms with Crippen LogP contribution >= 0.6 is 11.6 Å². The molecule has 0 spiro atoms. The summed E-state index contributed by atoms with van der Waals surface area (Å²) in [4.78, 5) is 19.0. The van der Waals surface area contributed by atoms with E-state index in [-0.39, 0.29) is 5.91 Å². The quantitative estimate of drug-likeness (QED) is 0.576. The van der Waals surface area contributed by atoms with Crippen LogP contribution in [0.4, 0.5) is 5.82 Å². The molecule has 0 saturated carbocycles. The van der Waals surface area contributed by atoms with Gasteiger partial charge in [0.15, 0.2) is 5.82 Å². The first-order chi connectivity index (χ1) is 8.61. The van der Waals surface area contributed by atoms with E-state index in [9.17, 15) is 4.79 Å². The molecule has 100 valence electrons. The second-order valence-electron chi connectivity index (χ2n) is 3.54. The van der Waals surface area contributed by atoms with Crippen LogP contribution in [0.2, 0.25) is 5.15 Å². The number of hydrogen-bond acceptors (Lipinski definition) is 5. The topological polar surface area (TPSA) is 76.1 Å². The third-order valence-electron chi connectivity index (χ3n) is 1.98. The number of rotatable bonds is 7. The summed E-state index contributed by atoms with van der Waals surface area (Å²) in [6, 6.07) is 1.63. The summed E-state index contributed by atoms with van der Waals surface area (Å²) in [5, 5.41) is 6.09. The number of aromatic nitrogens is 2. The Morgan fingerprint density at radius 2 is 2.22 bits per heavy atom. The highest BCUT2D eigenvalue weighted by Gasteiger charge is 2.03. The zero-order valence-corrected chi connectivity index (χ0v) is 11.3. The maximum Gasteiger partial charge on any atom is 0.216 e. The second kappa shape index (κ2) is 7.84. The Morgan fingerprint density at radius 1 is 1.44 bits per heavy atom. The number of nitrogens with one attached hydrogen (secondary N) is 2. The first-order valence-electron chi connectivity index (χ1n) is 5.71. The normalized spacial score (nSPS) is 10.2. The molecule has 2 N–H and O–H groups in total. The molecule has 1 rings (SSSR count). The molecule has 0 aliphatic carbocycles. The van der Waals surface area contributed by atoms with Gasteiger partial charge < -0.3 is 15.4 Å². The van der Waals surface area contributed by atoms with Crippen LogP contribution in [-0.4, -0.2) is 35.6 Å². The van der Waals surface area contributed by atoms with Crippen LogP contribution in [-0.2, 0) is 16.1 Å². The number of amides is 1. The standard InChI is InChI=1S/C11H17ClN4O2/c1-3-18-7-11-15-9(12)6-10(16-11)14-5-4-13-8(2)17/h6H,3-5,7H2,1-2H3,(H,13,17)(H,14,15,16). The number of halogens is 1. The average Bonchev–Trinajstić information content (AvgIpc) is 2.31. The monoisotopic (exact) mass is 272 g/mol. The maximum absolute atomic E-state index is 10.7. The van der Waals surface area contributed by atoms with Gasteiger partial charge in [0.25, 0.3) is 0 Å². The fourth-order valence-electron chi connectivity index (χ4n) is 1.24. The molecular weight excluding hydrogens is 256 g/mol. The van der Waals surface area contributed by atoms with Crippen LogP contribution in [0, 0.1) is 0 Å². The molecule has 18 heavy (non-hydrogen) atoms. The lowest BCUT2D eigenvalue weighted by Crippen LogP contribution is -2.26. The van der Waals surface area contributed by atoms with Crippen LogP contribution in [0.25, 0.3) is 0 Å². The van der Waals surface area contributed by atoms with E-state index in [1.807, 2.05) is 6.92 Å². The lowest BCUT2D eigenvalue weighted by atomic mass is 10.5. The van der Waals surface area contributed by atoms with Crippen LogP contribution in [0.5, 0.6) is 0 Å². The number of ether oxygens (including phenoxy) is 1. The first kappa shape index (κ1) is 14.7. The van der Waals surface area contributed by atoms with E-state index in [2.05, 4.69) is 20.6 Å². The zero-order chi connectivity index (χ0) is 13.4. The summed E-state index contributed by atoms with van der Waals surface area (Å²) >= 11 is 5.88. The van der Waals surface area contributed by atoms with Gasteiger partial charge in [-0.05, 0) is 6.92 Å². The van der Waals surface area contributed by atoms with Gasteiger partial charge in [-0.1, -0.05) is 11.6 Å². The molecule has 0 aliphatic heterocycles. The number of carbonyl (C=O) groups excluding carboxylic acids is 1. The number of anilines is 1. The lowest BCUT2D eigenvalue weighted by molar-refractivity contribution is -0.118. The predicted octanol–water partition coefficient (Wildman–Crippen LogP) is 1.21. The van der Waals surface area contributed by atoms with Crippen molar-refractivity contribution in [3.05, 3.63) is 17.0 Å². The van der Waals surface area contributed by atoms with Crippen LogP contribution in [0.3, 0.4) is 0 Å². The van der Waals surface area contributed by atoms with Crippen molar-refractivity contribution < 1.29 is 9.53 Å². The van der Waals surface area contributed by atoms with Gasteiger partial charge in [0.05, 0.1) is 0 Å². The highest BCUT2D eigenvalue weighted by atomic mass is 35.5. The van der Waals surface area contributed by atoms with E-state index in [0.717, 1.165) is 0 Å². The van der Waals surface area contributed by atoms with E-state index in [1.54, 1.807) is 6.07 Å². The van der Waals surface area contributed by atoms with Gasteiger partial charge in [0.1, 0.15) is 17.6 Å². The fraction of sp³-hybridized carbons (Fsp3) is 0.545. The third kappa shape index (κ3) is 5.79. The van der Waals surface area contributed by atoms with E-state index >= 15 is 0 Å². The molecule has 0 fully saturated rings. The highest BCUT2D eigenvalue weighted by molar-refractivity contribution is 6.29. The molecule has 6 nitrogen and oxygen atoms in total. The number of carbonyl (C=O) groups is 1. The Kier molecular flexibility index (Phi) is 6.38. The second-order valence-corrected chi connectivity index (χ2v) is 3.93. The number of nitrogens with zero attached hydrogens (tertiary/aromatic N) is 2. The van der Waals surface area contributed by atoms with Gasteiger partial charge in [-0.15, -0.1) is 0 Å². The molecule has 1 amide bonds. The Labute approximate surface area is 111 Å². The van der Waals surface area contributed by atoms with Crippen molar-refractivity contribution in [2.24, 2.45) is 0 Å². The fourth-order valence-corrected chi connectivity index (χ4v) is 1.44. The molecule has 1 aromatic heterocycles. The van der Waals surface area contributed by atoms with Gasteiger partial charge in [-0.2, -0.15) is 0 Å². The molecule has 0 aromatic carbocycles. The molecule has 0 unspecified atom stereocenters. The molecule has 0 radical (unpaired) electrons. The number of hydrogen-bond donors (Lipinski definition) is 2. The van der Waals surface area contributed by atoms with Crippen molar-refractivity contribution in [1.29, 1.82) is 0 Å². The molecule has 0 bridgehead atoms. The van der Waals surface area contributed by atoms with Crippen LogP contribution in [0.15, 0.2) is 6.07 Å². The van der Waals surface area contributed by atoms with E-state index < -0.39 is 0 Å². The van der Waals surface area contributed by atoms with Crippen molar-refractivity contribution in [2.45, 2.75) is 20.5 Å². The minimum Gasteiger partial charge on any atom is -0.374 e. The molecule has 1 aromatic rings. The lowest BCUT2D eigenvalue weighted by Gasteiger charge is -2.08. The Morgan fingerprint density at radius 3 is 2.89 bits per heavy atom. The van der Waals surface area contributed by atoms with Crippen LogP contribution in [0.1, 0.15) is 19.7 Å². The highest BCUT2D eigenvalue weighted by Crippen LogP contribution is 2.11. The first-order valence-corrected chi connectivity index (χ1v) is 6.09. The van der Waals surface area contributed by atoms with Gasteiger partial charge in [0, 0.05) is 32.7 Å². The van der Waals surface area contributed by atoms with Gasteiger partial charge in [-0.25, -0.2) is 9.97 Å². The van der Waals surface area contributed by atoms with E-state index in [4.69, 9.17) is 16.3 Å². The summed E-state index contributed by atoms with van der Waals surface area (Å²) in [5.74, 6) is 1.09. The summed E-state index contributed by atoms with van der Waals surface area (Å²) < 4.78 is 5.22. The van der Waals surface area contributed by atoms with Crippen molar-refractivity contribution in [3.8, 4) is 0 Å². The van der Waals surface area contributed by atoms with Crippen molar-refractivity contribution in [1.82, 2.24) is 15.3 Å². The summed E-state index contributed by atoms with van der Waals surface area (Å²) in [6.45, 7) is 5.40. The largest absolute Gasteiger partial charge is 0.374 e. The Balaban J connectivity index is 2.48. The average molecular weight is 273 g/mol. The molecule has 1 heterocycles. The molecule has 0 aliphatic rings. The van der Waals surface area contributed by atoms with Crippen molar-refractivity contribution in [3.63, 3.8) is 0 Å². The molecule has 7 heteroatoms.